The number of allylic oxidation sites excluding steroid dienone is 14. The minimum Gasteiger partial charge on any atom is -0.462 e. The van der Waals surface area contributed by atoms with E-state index in [2.05, 4.69) is 106 Å². The zero-order valence-corrected chi connectivity index (χ0v) is 53.1. The summed E-state index contributed by atoms with van der Waals surface area (Å²) in [7, 11) is 0. The van der Waals surface area contributed by atoms with Crippen molar-refractivity contribution < 1.29 is 28.6 Å². The normalized spacial score (nSPS) is 12.6. The molecule has 0 aromatic heterocycles. The largest absolute Gasteiger partial charge is 0.462 e. The molecular formula is C74H130O6. The monoisotopic (exact) mass is 1110 g/mol. The molecule has 0 spiro atoms. The summed E-state index contributed by atoms with van der Waals surface area (Å²) in [6, 6.07) is 0. The Morgan fingerprint density at radius 3 is 0.762 bits per heavy atom. The summed E-state index contributed by atoms with van der Waals surface area (Å²) in [5.41, 5.74) is 0. The van der Waals surface area contributed by atoms with Crippen molar-refractivity contribution in [3.63, 3.8) is 0 Å². The van der Waals surface area contributed by atoms with Crippen molar-refractivity contribution in [2.24, 2.45) is 0 Å². The molecule has 0 N–H and O–H groups in total. The Bertz CT molecular complexity index is 1520. The maximum absolute atomic E-state index is 12.9. The second-order valence-corrected chi connectivity index (χ2v) is 23.1. The van der Waals surface area contributed by atoms with E-state index in [1.165, 1.54) is 212 Å². The average molecular weight is 1120 g/mol. The highest BCUT2D eigenvalue weighted by molar-refractivity contribution is 5.71. The summed E-state index contributed by atoms with van der Waals surface area (Å²) >= 11 is 0. The number of hydrogen-bond acceptors (Lipinski definition) is 6. The van der Waals surface area contributed by atoms with Gasteiger partial charge in [0.25, 0.3) is 0 Å². The summed E-state index contributed by atoms with van der Waals surface area (Å²) in [4.78, 5) is 38.1. The van der Waals surface area contributed by atoms with Crippen LogP contribution >= 0.6 is 0 Å². The molecular weight excluding hydrogens is 985 g/mol. The van der Waals surface area contributed by atoms with E-state index in [-0.39, 0.29) is 31.1 Å². The van der Waals surface area contributed by atoms with Crippen LogP contribution in [0.3, 0.4) is 0 Å². The van der Waals surface area contributed by atoms with Crippen LogP contribution in [-0.2, 0) is 28.6 Å². The minimum atomic E-state index is -0.773. The van der Waals surface area contributed by atoms with Gasteiger partial charge in [0.15, 0.2) is 6.10 Å². The molecule has 80 heavy (non-hydrogen) atoms. The van der Waals surface area contributed by atoms with Crippen LogP contribution in [0.25, 0.3) is 0 Å². The van der Waals surface area contributed by atoms with E-state index >= 15 is 0 Å². The molecule has 0 saturated carbocycles. The van der Waals surface area contributed by atoms with Gasteiger partial charge in [-0.2, -0.15) is 0 Å². The van der Waals surface area contributed by atoms with Gasteiger partial charge in [-0.1, -0.05) is 318 Å². The Balaban J connectivity index is 4.02. The summed E-state index contributed by atoms with van der Waals surface area (Å²) in [6.45, 7) is 6.50. The van der Waals surface area contributed by atoms with E-state index in [1.807, 2.05) is 0 Å². The number of esters is 3. The molecule has 6 nitrogen and oxygen atoms in total. The van der Waals surface area contributed by atoms with Gasteiger partial charge in [-0.25, -0.2) is 0 Å². The van der Waals surface area contributed by atoms with Crippen LogP contribution in [-0.4, -0.2) is 37.2 Å². The van der Waals surface area contributed by atoms with E-state index in [0.29, 0.717) is 19.3 Å². The second kappa shape index (κ2) is 68.1. The zero-order valence-electron chi connectivity index (χ0n) is 53.1. The average Bonchev–Trinajstić information content (AvgIpc) is 3.46. The first-order valence-electron chi connectivity index (χ1n) is 34.6. The number of carbonyl (C=O) groups excluding carboxylic acids is 3. The molecule has 0 radical (unpaired) electrons. The Morgan fingerprint density at radius 1 is 0.263 bits per heavy atom. The topological polar surface area (TPSA) is 78.9 Å². The maximum atomic E-state index is 12.9. The number of hydrogen-bond donors (Lipinski definition) is 0. The van der Waals surface area contributed by atoms with Gasteiger partial charge in [-0.3, -0.25) is 14.4 Å². The van der Waals surface area contributed by atoms with Crippen LogP contribution in [0.1, 0.15) is 348 Å². The maximum Gasteiger partial charge on any atom is 0.306 e. The van der Waals surface area contributed by atoms with Crippen molar-refractivity contribution in [1.82, 2.24) is 0 Å². The summed E-state index contributed by atoms with van der Waals surface area (Å²) < 4.78 is 16.9. The predicted octanol–water partition coefficient (Wildman–Crippen LogP) is 23.8. The van der Waals surface area contributed by atoms with Crippen molar-refractivity contribution >= 4 is 17.9 Å². The highest BCUT2D eigenvalue weighted by Crippen LogP contribution is 2.17. The van der Waals surface area contributed by atoms with Crippen molar-refractivity contribution in [1.29, 1.82) is 0 Å². The molecule has 0 aromatic rings. The first-order chi connectivity index (χ1) is 39.5. The van der Waals surface area contributed by atoms with E-state index in [4.69, 9.17) is 14.2 Å². The second-order valence-electron chi connectivity index (χ2n) is 23.1. The Hall–Kier alpha value is -3.41. The molecule has 0 aliphatic rings. The third-order valence-electron chi connectivity index (χ3n) is 15.1. The lowest BCUT2D eigenvalue weighted by Gasteiger charge is -2.18. The van der Waals surface area contributed by atoms with Crippen LogP contribution in [0.2, 0.25) is 0 Å². The number of ether oxygens (including phenoxy) is 3. The molecule has 0 aliphatic heterocycles. The summed E-state index contributed by atoms with van der Waals surface area (Å²) in [6.07, 6.45) is 90.8. The van der Waals surface area contributed by atoms with E-state index in [9.17, 15) is 14.4 Å². The quantitative estimate of drug-likeness (QED) is 0.0261. The van der Waals surface area contributed by atoms with Crippen molar-refractivity contribution in [2.75, 3.05) is 13.2 Å². The number of unbranched alkanes of at least 4 members (excludes halogenated alkanes) is 38. The molecule has 1 atom stereocenters. The molecule has 0 saturated heterocycles. The number of rotatable bonds is 63. The van der Waals surface area contributed by atoms with Crippen LogP contribution in [0.4, 0.5) is 0 Å². The van der Waals surface area contributed by atoms with Crippen molar-refractivity contribution in [3.8, 4) is 0 Å². The minimum absolute atomic E-state index is 0.0729. The van der Waals surface area contributed by atoms with Crippen LogP contribution in [0, 0.1) is 0 Å². The Kier molecular flexibility index (Phi) is 65.2. The van der Waals surface area contributed by atoms with Crippen LogP contribution in [0.15, 0.2) is 85.1 Å². The standard InChI is InChI=1S/C74H130O6/c1-4-7-10-13-16-18-20-22-24-26-28-30-32-34-35-36-37-38-39-41-42-44-46-48-50-52-54-56-58-61-64-67-73(76)79-70-71(69-78-72(75)66-63-60-15-12-9-6-3)80-74(77)68-65-62-59-57-55-53-51-49-47-45-43-40-33-31-29-27-25-23-21-19-17-14-11-8-5-2/h7,10,16,18,21-24,27-30,34-35,71H,4-6,8-9,11-15,17,19-20,25-26,31-33,36-70H2,1-3H3/b10-7-,18-16-,23-21-,24-22-,29-27-,30-28-,35-34-. The molecule has 0 fully saturated rings. The molecule has 0 aliphatic carbocycles. The van der Waals surface area contributed by atoms with Gasteiger partial charge >= 0.3 is 17.9 Å². The highest BCUT2D eigenvalue weighted by Gasteiger charge is 2.19. The highest BCUT2D eigenvalue weighted by atomic mass is 16.6. The fraction of sp³-hybridized carbons (Fsp3) is 0.770. The van der Waals surface area contributed by atoms with Gasteiger partial charge in [0.1, 0.15) is 13.2 Å². The molecule has 462 valence electrons. The number of carbonyl (C=O) groups is 3. The molecule has 6 heteroatoms. The molecule has 0 rings (SSSR count). The predicted molar refractivity (Wildman–Crippen MR) is 348 cm³/mol. The van der Waals surface area contributed by atoms with Crippen molar-refractivity contribution in [3.05, 3.63) is 85.1 Å². The van der Waals surface area contributed by atoms with Crippen LogP contribution in [0.5, 0.6) is 0 Å². The molecule has 0 bridgehead atoms. The van der Waals surface area contributed by atoms with Crippen molar-refractivity contribution in [2.45, 2.75) is 354 Å². The summed E-state index contributed by atoms with van der Waals surface area (Å²) in [5.74, 6) is -0.868. The molecule has 0 amide bonds. The SMILES string of the molecule is CC/C=C\C/C=C\C/C=C\C/C=C\C/C=C\CCCCCCCCCCCCCCCCCC(=O)OCC(COC(=O)CCCCCCCC)OC(=O)CCCCCCCCCCCCCCC/C=C\C/C=C\CCCCCCC. The lowest BCUT2D eigenvalue weighted by molar-refractivity contribution is -0.167. The smallest absolute Gasteiger partial charge is 0.306 e. The lowest BCUT2D eigenvalue weighted by Crippen LogP contribution is -2.30. The zero-order chi connectivity index (χ0) is 57.8. The van der Waals surface area contributed by atoms with E-state index in [1.54, 1.807) is 0 Å². The molecule has 1 unspecified atom stereocenters. The fourth-order valence-corrected chi connectivity index (χ4v) is 9.97. The Morgan fingerprint density at radius 2 is 0.487 bits per heavy atom. The van der Waals surface area contributed by atoms with Gasteiger partial charge in [-0.15, -0.1) is 0 Å². The van der Waals surface area contributed by atoms with Gasteiger partial charge < -0.3 is 14.2 Å². The summed E-state index contributed by atoms with van der Waals surface area (Å²) in [5, 5.41) is 0. The fourth-order valence-electron chi connectivity index (χ4n) is 9.97. The van der Waals surface area contributed by atoms with Gasteiger partial charge in [0.2, 0.25) is 0 Å². The van der Waals surface area contributed by atoms with E-state index in [0.717, 1.165) is 96.3 Å². The first-order valence-corrected chi connectivity index (χ1v) is 34.6. The molecule has 0 heterocycles. The van der Waals surface area contributed by atoms with Crippen LogP contribution < -0.4 is 0 Å². The third kappa shape index (κ3) is 65.4. The Labute approximate surface area is 496 Å². The first kappa shape index (κ1) is 76.6. The molecule has 0 aromatic carbocycles. The van der Waals surface area contributed by atoms with Gasteiger partial charge in [-0.05, 0) is 96.3 Å². The van der Waals surface area contributed by atoms with Gasteiger partial charge in [0.05, 0.1) is 0 Å². The van der Waals surface area contributed by atoms with Gasteiger partial charge in [0, 0.05) is 19.3 Å². The third-order valence-corrected chi connectivity index (χ3v) is 15.1. The lowest BCUT2D eigenvalue weighted by atomic mass is 10.0. The van der Waals surface area contributed by atoms with E-state index < -0.39 is 6.10 Å².